The number of rotatable bonds is 6. The van der Waals surface area contributed by atoms with Crippen LogP contribution in [-0.2, 0) is 0 Å². The van der Waals surface area contributed by atoms with Crippen molar-refractivity contribution in [2.24, 2.45) is 0 Å². The fourth-order valence-corrected chi connectivity index (χ4v) is 4.58. The van der Waals surface area contributed by atoms with Gasteiger partial charge in [0.1, 0.15) is 5.75 Å². The minimum Gasteiger partial charge on any atom is -0.497 e. The average molecular weight is 272 g/mol. The van der Waals surface area contributed by atoms with Crippen molar-refractivity contribution in [1.82, 2.24) is 0 Å². The van der Waals surface area contributed by atoms with Gasteiger partial charge < -0.3 is 4.74 Å². The van der Waals surface area contributed by atoms with Gasteiger partial charge >= 0.3 is 0 Å². The van der Waals surface area contributed by atoms with Crippen LogP contribution in [0.15, 0.2) is 54.6 Å². The number of methoxy groups -OCH3 is 1. The molecule has 0 aliphatic carbocycles. The van der Waals surface area contributed by atoms with E-state index in [4.69, 9.17) is 4.74 Å². The van der Waals surface area contributed by atoms with Crippen LogP contribution in [0.25, 0.3) is 0 Å². The number of benzene rings is 2. The normalized spacial score (nSPS) is 12.1. The summed E-state index contributed by atoms with van der Waals surface area (Å²) in [6.07, 6.45) is 3.80. The SMILES string of the molecule is CCCCP(c1ccccc1)c1ccc(OC)cc1. The van der Waals surface area contributed by atoms with Crippen LogP contribution in [0.1, 0.15) is 19.8 Å². The van der Waals surface area contributed by atoms with E-state index in [1.165, 1.54) is 29.6 Å². The minimum absolute atomic E-state index is 0.230. The van der Waals surface area contributed by atoms with E-state index in [1.807, 2.05) is 0 Å². The zero-order valence-electron chi connectivity index (χ0n) is 11.7. The van der Waals surface area contributed by atoms with Gasteiger partial charge in [-0.15, -0.1) is 0 Å². The summed E-state index contributed by atoms with van der Waals surface area (Å²) < 4.78 is 5.24. The van der Waals surface area contributed by atoms with Crippen LogP contribution in [0.3, 0.4) is 0 Å². The summed E-state index contributed by atoms with van der Waals surface area (Å²) in [6.45, 7) is 2.26. The Kier molecular flexibility index (Phi) is 5.42. The second kappa shape index (κ2) is 7.31. The molecule has 0 spiro atoms. The van der Waals surface area contributed by atoms with E-state index in [-0.39, 0.29) is 7.92 Å². The second-order valence-corrected chi connectivity index (χ2v) is 6.87. The molecule has 0 fully saturated rings. The molecule has 1 atom stereocenters. The van der Waals surface area contributed by atoms with Crippen LogP contribution in [0.4, 0.5) is 0 Å². The Morgan fingerprint density at radius 1 is 0.895 bits per heavy atom. The van der Waals surface area contributed by atoms with Crippen molar-refractivity contribution in [3.8, 4) is 5.75 Å². The predicted octanol–water partition coefficient (Wildman–Crippen LogP) is 3.93. The fourth-order valence-electron chi connectivity index (χ4n) is 2.09. The van der Waals surface area contributed by atoms with E-state index >= 15 is 0 Å². The summed E-state index contributed by atoms with van der Waals surface area (Å²) in [5.41, 5.74) is 0. The maximum Gasteiger partial charge on any atom is 0.118 e. The quantitative estimate of drug-likeness (QED) is 0.724. The van der Waals surface area contributed by atoms with Crippen molar-refractivity contribution in [3.05, 3.63) is 54.6 Å². The van der Waals surface area contributed by atoms with E-state index in [0.29, 0.717) is 0 Å². The maximum absolute atomic E-state index is 5.24. The average Bonchev–Trinajstić information content (AvgIpc) is 2.49. The molecule has 0 bridgehead atoms. The van der Waals surface area contributed by atoms with Gasteiger partial charge in [0.05, 0.1) is 7.11 Å². The molecular weight excluding hydrogens is 251 g/mol. The highest BCUT2D eigenvalue weighted by Crippen LogP contribution is 2.35. The third-order valence-electron chi connectivity index (χ3n) is 3.19. The first-order chi connectivity index (χ1) is 9.35. The molecular formula is C17H21OP. The number of hydrogen-bond acceptors (Lipinski definition) is 1. The van der Waals surface area contributed by atoms with Crippen LogP contribution in [0, 0.1) is 0 Å². The lowest BCUT2D eigenvalue weighted by atomic mass is 10.3. The van der Waals surface area contributed by atoms with Crippen molar-refractivity contribution in [3.63, 3.8) is 0 Å². The van der Waals surface area contributed by atoms with Crippen LogP contribution in [-0.4, -0.2) is 13.3 Å². The monoisotopic (exact) mass is 272 g/mol. The molecule has 0 saturated carbocycles. The summed E-state index contributed by atoms with van der Waals surface area (Å²) in [4.78, 5) is 0. The van der Waals surface area contributed by atoms with Crippen LogP contribution >= 0.6 is 7.92 Å². The van der Waals surface area contributed by atoms with Crippen molar-refractivity contribution in [2.75, 3.05) is 13.3 Å². The smallest absolute Gasteiger partial charge is 0.118 e. The molecule has 2 rings (SSSR count). The Labute approximate surface area is 117 Å². The van der Waals surface area contributed by atoms with Gasteiger partial charge in [-0.25, -0.2) is 0 Å². The number of ether oxygens (including phenoxy) is 1. The Bertz CT molecular complexity index is 478. The zero-order chi connectivity index (χ0) is 13.5. The molecule has 0 saturated heterocycles. The highest BCUT2D eigenvalue weighted by Gasteiger charge is 2.12. The van der Waals surface area contributed by atoms with Gasteiger partial charge in [0.15, 0.2) is 0 Å². The lowest BCUT2D eigenvalue weighted by Crippen LogP contribution is -2.13. The number of unbranched alkanes of at least 4 members (excludes halogenated alkanes) is 1. The van der Waals surface area contributed by atoms with E-state index < -0.39 is 0 Å². The minimum atomic E-state index is -0.230. The van der Waals surface area contributed by atoms with E-state index in [2.05, 4.69) is 61.5 Å². The molecule has 2 aromatic rings. The maximum atomic E-state index is 5.24. The lowest BCUT2D eigenvalue weighted by molar-refractivity contribution is 0.415. The lowest BCUT2D eigenvalue weighted by Gasteiger charge is -2.18. The van der Waals surface area contributed by atoms with Gasteiger partial charge in [-0.3, -0.25) is 0 Å². The zero-order valence-corrected chi connectivity index (χ0v) is 12.6. The summed E-state index contributed by atoms with van der Waals surface area (Å²) >= 11 is 0. The van der Waals surface area contributed by atoms with Crippen LogP contribution in [0.2, 0.25) is 0 Å². The molecule has 0 amide bonds. The van der Waals surface area contributed by atoms with Gasteiger partial charge in [-0.1, -0.05) is 55.8 Å². The number of hydrogen-bond donors (Lipinski definition) is 0. The Morgan fingerprint density at radius 2 is 1.53 bits per heavy atom. The molecule has 2 heteroatoms. The molecule has 0 aromatic heterocycles. The van der Waals surface area contributed by atoms with E-state index in [9.17, 15) is 0 Å². The topological polar surface area (TPSA) is 9.23 Å². The Morgan fingerprint density at radius 3 is 2.11 bits per heavy atom. The summed E-state index contributed by atoms with van der Waals surface area (Å²) in [5, 5.41) is 2.91. The molecule has 0 aliphatic rings. The first-order valence-electron chi connectivity index (χ1n) is 6.81. The van der Waals surface area contributed by atoms with Crippen molar-refractivity contribution in [2.45, 2.75) is 19.8 Å². The second-order valence-electron chi connectivity index (χ2n) is 4.54. The van der Waals surface area contributed by atoms with Gasteiger partial charge in [0, 0.05) is 0 Å². The summed E-state index contributed by atoms with van der Waals surface area (Å²) in [7, 11) is 1.48. The molecule has 1 nitrogen and oxygen atoms in total. The highest BCUT2D eigenvalue weighted by atomic mass is 31.1. The molecule has 100 valence electrons. The molecule has 19 heavy (non-hydrogen) atoms. The molecule has 0 radical (unpaired) electrons. The Balaban J connectivity index is 2.26. The molecule has 2 aromatic carbocycles. The van der Waals surface area contributed by atoms with Gasteiger partial charge in [-0.2, -0.15) is 0 Å². The summed E-state index contributed by atoms with van der Waals surface area (Å²) in [6, 6.07) is 19.4. The Hall–Kier alpha value is -1.33. The van der Waals surface area contributed by atoms with Crippen LogP contribution in [0.5, 0.6) is 5.75 Å². The highest BCUT2D eigenvalue weighted by molar-refractivity contribution is 7.73. The van der Waals surface area contributed by atoms with Crippen molar-refractivity contribution >= 4 is 18.5 Å². The molecule has 1 unspecified atom stereocenters. The molecule has 0 aliphatic heterocycles. The van der Waals surface area contributed by atoms with Gasteiger partial charge in [0.25, 0.3) is 0 Å². The fraction of sp³-hybridized carbons (Fsp3) is 0.294. The molecule has 0 N–H and O–H groups in total. The summed E-state index contributed by atoms with van der Waals surface area (Å²) in [5.74, 6) is 0.933. The third kappa shape index (κ3) is 3.81. The van der Waals surface area contributed by atoms with Crippen molar-refractivity contribution < 1.29 is 4.74 Å². The van der Waals surface area contributed by atoms with Gasteiger partial charge in [-0.05, 0) is 43.2 Å². The third-order valence-corrected chi connectivity index (χ3v) is 5.79. The van der Waals surface area contributed by atoms with Crippen LogP contribution < -0.4 is 15.3 Å². The first kappa shape index (κ1) is 14.1. The largest absolute Gasteiger partial charge is 0.497 e. The van der Waals surface area contributed by atoms with E-state index in [0.717, 1.165) is 5.75 Å². The first-order valence-corrected chi connectivity index (χ1v) is 8.34. The molecule has 0 heterocycles. The standard InChI is InChI=1S/C17H21OP/c1-3-4-14-19(16-8-6-5-7-9-16)17-12-10-15(18-2)11-13-17/h5-13H,3-4,14H2,1-2H3. The predicted molar refractivity (Wildman–Crippen MR) is 85.4 cm³/mol. The van der Waals surface area contributed by atoms with Crippen molar-refractivity contribution in [1.29, 1.82) is 0 Å². The van der Waals surface area contributed by atoms with Gasteiger partial charge in [0.2, 0.25) is 0 Å². The van der Waals surface area contributed by atoms with E-state index in [1.54, 1.807) is 7.11 Å².